The topological polar surface area (TPSA) is 27.1 Å². The molecule has 0 saturated heterocycles. The van der Waals surface area contributed by atoms with Gasteiger partial charge in [-0.25, -0.2) is 9.37 Å². The highest BCUT2D eigenvalue weighted by atomic mass is 35.5. The van der Waals surface area contributed by atoms with Crippen LogP contribution in [0.25, 0.3) is 11.0 Å². The maximum atomic E-state index is 13.6. The van der Waals surface area contributed by atoms with Gasteiger partial charge in [-0.1, -0.05) is 25.4 Å². The first kappa shape index (κ1) is 15.1. The van der Waals surface area contributed by atoms with Gasteiger partial charge in [-0.15, -0.1) is 11.6 Å². The summed E-state index contributed by atoms with van der Waals surface area (Å²) in [4.78, 5) is 4.44. The lowest BCUT2D eigenvalue weighted by Crippen LogP contribution is -2.51. The zero-order chi connectivity index (χ0) is 15.4. The molecule has 1 fully saturated rings. The first-order valence-electron chi connectivity index (χ1n) is 6.84. The van der Waals surface area contributed by atoms with Crippen molar-refractivity contribution in [3.63, 3.8) is 0 Å². The van der Waals surface area contributed by atoms with Crippen molar-refractivity contribution in [1.29, 1.82) is 0 Å². The van der Waals surface area contributed by atoms with Crippen molar-refractivity contribution in [2.45, 2.75) is 38.3 Å². The molecule has 2 unspecified atom stereocenters. The molecule has 3 rings (SSSR count). The molecule has 1 aliphatic carbocycles. The molecule has 0 bridgehead atoms. The fourth-order valence-corrected chi connectivity index (χ4v) is 3.63. The fourth-order valence-electron chi connectivity index (χ4n) is 3.28. The molecule has 1 aliphatic rings. The molecule has 0 radical (unpaired) electrons. The zero-order valence-corrected chi connectivity index (χ0v) is 13.7. The average molecular weight is 331 g/mol. The Bertz CT molecular complexity index is 699. The van der Waals surface area contributed by atoms with Gasteiger partial charge < -0.3 is 9.30 Å². The highest BCUT2D eigenvalue weighted by molar-refractivity contribution is 6.31. The lowest BCUT2D eigenvalue weighted by Gasteiger charge is -2.52. The number of hydrogen-bond donors (Lipinski definition) is 0. The van der Waals surface area contributed by atoms with Gasteiger partial charge in [0.2, 0.25) is 0 Å². The van der Waals surface area contributed by atoms with E-state index in [4.69, 9.17) is 27.9 Å². The van der Waals surface area contributed by atoms with Crippen molar-refractivity contribution < 1.29 is 9.13 Å². The van der Waals surface area contributed by atoms with Crippen LogP contribution in [0.2, 0.25) is 5.02 Å². The minimum absolute atomic E-state index is 0.0376. The van der Waals surface area contributed by atoms with Gasteiger partial charge in [0.05, 0.1) is 28.0 Å². The van der Waals surface area contributed by atoms with E-state index >= 15 is 0 Å². The maximum absolute atomic E-state index is 13.6. The maximum Gasteiger partial charge on any atom is 0.144 e. The third-order valence-electron chi connectivity index (χ3n) is 4.65. The molecule has 1 saturated carbocycles. The van der Waals surface area contributed by atoms with E-state index < -0.39 is 5.82 Å². The van der Waals surface area contributed by atoms with E-state index in [0.717, 1.165) is 17.8 Å². The van der Waals surface area contributed by atoms with Gasteiger partial charge in [-0.05, 0) is 12.5 Å². The Morgan fingerprint density at radius 3 is 2.76 bits per heavy atom. The molecule has 1 heterocycles. The molecule has 0 aliphatic heterocycles. The quantitative estimate of drug-likeness (QED) is 0.771. The molecule has 0 amide bonds. The fraction of sp³-hybridized carbons (Fsp3) is 0.533. The Morgan fingerprint density at radius 1 is 1.48 bits per heavy atom. The third-order valence-corrected chi connectivity index (χ3v) is 5.18. The van der Waals surface area contributed by atoms with Gasteiger partial charge in [0, 0.05) is 24.6 Å². The van der Waals surface area contributed by atoms with Gasteiger partial charge >= 0.3 is 0 Å². The number of nitrogens with zero attached hydrogens (tertiary/aromatic N) is 2. The Balaban J connectivity index is 2.16. The van der Waals surface area contributed by atoms with E-state index in [0.29, 0.717) is 5.52 Å². The van der Waals surface area contributed by atoms with Crippen LogP contribution in [0.1, 0.15) is 32.1 Å². The summed E-state index contributed by atoms with van der Waals surface area (Å²) in [6.07, 6.45) is 1.08. The van der Waals surface area contributed by atoms with Crippen molar-refractivity contribution in [2.75, 3.05) is 7.11 Å². The number of ether oxygens (including phenoxy) is 1. The predicted molar refractivity (Wildman–Crippen MR) is 82.5 cm³/mol. The summed E-state index contributed by atoms with van der Waals surface area (Å²) in [6.45, 7) is 4.31. The SMILES string of the molecule is COC1CC(n2c(CCl)nc3cc(F)c(Cl)cc32)C1(C)C. The largest absolute Gasteiger partial charge is 0.381 e. The summed E-state index contributed by atoms with van der Waals surface area (Å²) in [5.74, 6) is 0.552. The summed E-state index contributed by atoms with van der Waals surface area (Å²) >= 11 is 12.0. The molecule has 3 nitrogen and oxygen atoms in total. The van der Waals surface area contributed by atoms with Gasteiger partial charge in [-0.3, -0.25) is 0 Å². The van der Waals surface area contributed by atoms with Crippen LogP contribution in [-0.4, -0.2) is 22.8 Å². The number of hydrogen-bond acceptors (Lipinski definition) is 2. The van der Waals surface area contributed by atoms with E-state index in [1.165, 1.54) is 6.07 Å². The number of imidazole rings is 1. The van der Waals surface area contributed by atoms with E-state index in [1.807, 2.05) is 0 Å². The molecule has 2 aromatic rings. The molecule has 0 spiro atoms. The van der Waals surface area contributed by atoms with Crippen LogP contribution in [0.4, 0.5) is 4.39 Å². The lowest BCUT2D eigenvalue weighted by molar-refractivity contribution is -0.112. The summed E-state index contributed by atoms with van der Waals surface area (Å²) in [5, 5.41) is 0.102. The molecule has 1 aromatic carbocycles. The number of alkyl halides is 1. The van der Waals surface area contributed by atoms with Crippen molar-refractivity contribution in [3.8, 4) is 0 Å². The second-order valence-electron chi connectivity index (χ2n) is 6.08. The highest BCUT2D eigenvalue weighted by Crippen LogP contribution is 2.52. The van der Waals surface area contributed by atoms with Crippen molar-refractivity contribution in [3.05, 3.63) is 28.8 Å². The van der Waals surface area contributed by atoms with E-state index in [2.05, 4.69) is 23.4 Å². The van der Waals surface area contributed by atoms with Crippen molar-refractivity contribution in [2.24, 2.45) is 5.41 Å². The standard InChI is InChI=1S/C15H17Cl2FN2O/c1-15(2)12(6-13(15)21-3)20-11-4-8(17)9(18)5-10(11)19-14(20)7-16/h4-5,12-13H,6-7H2,1-3H3. The molecule has 6 heteroatoms. The third kappa shape index (κ3) is 2.16. The molecule has 21 heavy (non-hydrogen) atoms. The van der Waals surface area contributed by atoms with Crippen LogP contribution < -0.4 is 0 Å². The monoisotopic (exact) mass is 330 g/mol. The zero-order valence-electron chi connectivity index (χ0n) is 12.2. The van der Waals surface area contributed by atoms with Crippen LogP contribution in [0.5, 0.6) is 0 Å². The summed E-state index contributed by atoms with van der Waals surface area (Å²) in [5.41, 5.74) is 1.37. The Kier molecular flexibility index (Phi) is 3.67. The summed E-state index contributed by atoms with van der Waals surface area (Å²) in [7, 11) is 1.73. The van der Waals surface area contributed by atoms with Crippen LogP contribution in [0.3, 0.4) is 0 Å². The van der Waals surface area contributed by atoms with Crippen molar-refractivity contribution in [1.82, 2.24) is 9.55 Å². The van der Waals surface area contributed by atoms with Gasteiger partial charge in [0.25, 0.3) is 0 Å². The normalized spacial score (nSPS) is 24.3. The molecule has 0 N–H and O–H groups in total. The number of aromatic nitrogens is 2. The van der Waals surface area contributed by atoms with E-state index in [9.17, 15) is 4.39 Å². The van der Waals surface area contributed by atoms with Gasteiger partial charge in [-0.2, -0.15) is 0 Å². The number of rotatable bonds is 3. The number of benzene rings is 1. The van der Waals surface area contributed by atoms with Crippen LogP contribution in [0.15, 0.2) is 12.1 Å². The van der Waals surface area contributed by atoms with Crippen LogP contribution in [-0.2, 0) is 10.6 Å². The van der Waals surface area contributed by atoms with E-state index in [1.54, 1.807) is 13.2 Å². The first-order chi connectivity index (χ1) is 9.90. The van der Waals surface area contributed by atoms with Crippen molar-refractivity contribution >= 4 is 34.2 Å². The first-order valence-corrected chi connectivity index (χ1v) is 7.76. The predicted octanol–water partition coefficient (Wildman–Crippen LogP) is 4.55. The minimum atomic E-state index is -0.461. The summed E-state index contributed by atoms with van der Waals surface area (Å²) < 4.78 is 21.2. The van der Waals surface area contributed by atoms with Gasteiger partial charge in [0.1, 0.15) is 11.6 Å². The molecular weight excluding hydrogens is 314 g/mol. The number of methoxy groups -OCH3 is 1. The van der Waals surface area contributed by atoms with Gasteiger partial charge in [0.15, 0.2) is 0 Å². The molecule has 1 aromatic heterocycles. The minimum Gasteiger partial charge on any atom is -0.381 e. The molecule has 114 valence electrons. The molecular formula is C15H17Cl2FN2O. The Morgan fingerprint density at radius 2 is 2.19 bits per heavy atom. The highest BCUT2D eigenvalue weighted by Gasteiger charge is 2.50. The van der Waals surface area contributed by atoms with E-state index in [-0.39, 0.29) is 28.5 Å². The lowest BCUT2D eigenvalue weighted by atomic mass is 9.64. The number of halogens is 3. The smallest absolute Gasteiger partial charge is 0.144 e. The second kappa shape index (κ2) is 5.11. The van der Waals surface area contributed by atoms with Crippen LogP contribution >= 0.6 is 23.2 Å². The molecule has 2 atom stereocenters. The second-order valence-corrected chi connectivity index (χ2v) is 6.76. The number of fused-ring (bicyclic) bond motifs is 1. The average Bonchev–Trinajstić information content (AvgIpc) is 2.76. The summed E-state index contributed by atoms with van der Waals surface area (Å²) in [6, 6.07) is 3.21. The Hall–Kier alpha value is -0.840. The van der Waals surface area contributed by atoms with Crippen LogP contribution in [0, 0.1) is 11.2 Å². The Labute approximate surface area is 133 Å².